The van der Waals surface area contributed by atoms with Crippen LogP contribution in [0, 0.1) is 6.92 Å². The smallest absolute Gasteiger partial charge is 0.152 e. The van der Waals surface area contributed by atoms with E-state index in [1.807, 2.05) is 19.1 Å². The number of hydrogen-bond donors (Lipinski definition) is 0. The van der Waals surface area contributed by atoms with E-state index in [1.165, 1.54) is 6.33 Å². The van der Waals surface area contributed by atoms with E-state index < -0.39 is 0 Å². The molecule has 0 bridgehead atoms. The van der Waals surface area contributed by atoms with E-state index in [0.717, 1.165) is 22.9 Å². The van der Waals surface area contributed by atoms with Crippen molar-refractivity contribution in [3.05, 3.63) is 35.8 Å². The molecule has 13 heavy (non-hydrogen) atoms. The Morgan fingerprint density at radius 1 is 1.31 bits per heavy atom. The second-order valence-corrected chi connectivity index (χ2v) is 2.82. The molecule has 1 aromatic heterocycles. The molecule has 2 aromatic rings. The summed E-state index contributed by atoms with van der Waals surface area (Å²) in [4.78, 5) is 18.8. The molecule has 0 aliphatic carbocycles. The summed E-state index contributed by atoms with van der Waals surface area (Å²) >= 11 is 0. The van der Waals surface area contributed by atoms with E-state index in [2.05, 4.69) is 9.97 Å². The zero-order valence-corrected chi connectivity index (χ0v) is 7.19. The lowest BCUT2D eigenvalue weighted by molar-refractivity contribution is 0.112. The Morgan fingerprint density at radius 2 is 2.15 bits per heavy atom. The summed E-state index contributed by atoms with van der Waals surface area (Å²) in [6.45, 7) is 1.90. The van der Waals surface area contributed by atoms with Gasteiger partial charge in [0.25, 0.3) is 0 Å². The SMILES string of the molecule is Cc1ncnc2c(C=O)cccc12. The molecule has 1 aromatic carbocycles. The molecule has 0 saturated carbocycles. The molecule has 0 fully saturated rings. The maximum Gasteiger partial charge on any atom is 0.152 e. The van der Waals surface area contributed by atoms with Crippen molar-refractivity contribution in [3.8, 4) is 0 Å². The number of hydrogen-bond acceptors (Lipinski definition) is 3. The van der Waals surface area contributed by atoms with Gasteiger partial charge in [0.1, 0.15) is 6.33 Å². The molecular weight excluding hydrogens is 164 g/mol. The number of aldehydes is 1. The molecule has 2 rings (SSSR count). The first-order chi connectivity index (χ1) is 6.33. The Morgan fingerprint density at radius 3 is 2.92 bits per heavy atom. The van der Waals surface area contributed by atoms with E-state index in [0.29, 0.717) is 5.56 Å². The van der Waals surface area contributed by atoms with Crippen molar-refractivity contribution in [3.63, 3.8) is 0 Å². The first-order valence-corrected chi connectivity index (χ1v) is 3.98. The highest BCUT2D eigenvalue weighted by molar-refractivity contribution is 5.96. The normalized spacial score (nSPS) is 10.2. The number of aromatic nitrogens is 2. The van der Waals surface area contributed by atoms with Crippen LogP contribution in [-0.2, 0) is 0 Å². The fourth-order valence-electron chi connectivity index (χ4n) is 1.34. The molecule has 0 amide bonds. The van der Waals surface area contributed by atoms with E-state index >= 15 is 0 Å². The largest absolute Gasteiger partial charge is 0.298 e. The van der Waals surface area contributed by atoms with Gasteiger partial charge in [0.2, 0.25) is 0 Å². The number of carbonyl (C=O) groups is 1. The number of nitrogens with zero attached hydrogens (tertiary/aromatic N) is 2. The lowest BCUT2D eigenvalue weighted by atomic mass is 10.1. The lowest BCUT2D eigenvalue weighted by Crippen LogP contribution is -1.91. The summed E-state index contributed by atoms with van der Waals surface area (Å²) in [5.41, 5.74) is 2.24. The van der Waals surface area contributed by atoms with Crippen LogP contribution in [0.5, 0.6) is 0 Å². The molecule has 0 aliphatic rings. The summed E-state index contributed by atoms with van der Waals surface area (Å²) in [6.07, 6.45) is 2.29. The van der Waals surface area contributed by atoms with Crippen LogP contribution in [0.25, 0.3) is 10.9 Å². The second kappa shape index (κ2) is 2.94. The van der Waals surface area contributed by atoms with Crippen molar-refractivity contribution in [2.75, 3.05) is 0 Å². The summed E-state index contributed by atoms with van der Waals surface area (Å²) in [5, 5.41) is 0.937. The van der Waals surface area contributed by atoms with Crippen LogP contribution in [0.4, 0.5) is 0 Å². The molecule has 3 nitrogen and oxygen atoms in total. The standard InChI is InChI=1S/C10H8N2O/c1-7-9-4-2-3-8(5-13)10(9)12-6-11-7/h2-6H,1H3. The first kappa shape index (κ1) is 7.86. The number of para-hydroxylation sites is 1. The first-order valence-electron chi connectivity index (χ1n) is 3.98. The third-order valence-electron chi connectivity index (χ3n) is 2.02. The molecule has 0 unspecified atom stereocenters. The van der Waals surface area contributed by atoms with Crippen LogP contribution in [0.15, 0.2) is 24.5 Å². The van der Waals surface area contributed by atoms with Crippen LogP contribution in [0.2, 0.25) is 0 Å². The van der Waals surface area contributed by atoms with Crippen molar-refractivity contribution in [2.45, 2.75) is 6.92 Å². The Hall–Kier alpha value is -1.77. The van der Waals surface area contributed by atoms with Gasteiger partial charge in [-0.2, -0.15) is 0 Å². The van der Waals surface area contributed by atoms with Crippen molar-refractivity contribution >= 4 is 17.2 Å². The summed E-state index contributed by atoms with van der Waals surface area (Å²) in [7, 11) is 0. The Bertz CT molecular complexity index is 465. The molecule has 0 saturated heterocycles. The van der Waals surface area contributed by atoms with Gasteiger partial charge >= 0.3 is 0 Å². The number of benzene rings is 1. The topological polar surface area (TPSA) is 42.9 Å². The monoisotopic (exact) mass is 172 g/mol. The zero-order chi connectivity index (χ0) is 9.26. The van der Waals surface area contributed by atoms with E-state index in [9.17, 15) is 4.79 Å². The quantitative estimate of drug-likeness (QED) is 0.615. The van der Waals surface area contributed by atoms with Gasteiger partial charge < -0.3 is 0 Å². The molecule has 64 valence electrons. The average Bonchev–Trinajstić information content (AvgIpc) is 2.18. The van der Waals surface area contributed by atoms with Gasteiger partial charge in [-0.25, -0.2) is 9.97 Å². The van der Waals surface area contributed by atoms with Gasteiger partial charge in [0.15, 0.2) is 6.29 Å². The Kier molecular flexibility index (Phi) is 1.77. The molecule has 0 N–H and O–H groups in total. The third kappa shape index (κ3) is 1.18. The van der Waals surface area contributed by atoms with Crippen LogP contribution in [-0.4, -0.2) is 16.3 Å². The predicted molar refractivity (Wildman–Crippen MR) is 49.7 cm³/mol. The van der Waals surface area contributed by atoms with Gasteiger partial charge in [0.05, 0.1) is 5.52 Å². The van der Waals surface area contributed by atoms with E-state index in [-0.39, 0.29) is 0 Å². The molecular formula is C10H8N2O. The minimum absolute atomic E-state index is 0.614. The second-order valence-electron chi connectivity index (χ2n) is 2.82. The average molecular weight is 172 g/mol. The van der Waals surface area contributed by atoms with Crippen LogP contribution < -0.4 is 0 Å². The fraction of sp³-hybridized carbons (Fsp3) is 0.100. The number of fused-ring (bicyclic) bond motifs is 1. The highest BCUT2D eigenvalue weighted by Gasteiger charge is 2.02. The molecule has 0 aliphatic heterocycles. The maximum absolute atomic E-state index is 10.7. The highest BCUT2D eigenvalue weighted by atomic mass is 16.1. The molecule has 0 radical (unpaired) electrons. The minimum Gasteiger partial charge on any atom is -0.298 e. The molecule has 0 atom stereocenters. The van der Waals surface area contributed by atoms with Gasteiger partial charge in [-0.05, 0) is 13.0 Å². The van der Waals surface area contributed by atoms with E-state index in [4.69, 9.17) is 0 Å². The summed E-state index contributed by atoms with van der Waals surface area (Å²) in [5.74, 6) is 0. The van der Waals surface area contributed by atoms with Crippen molar-refractivity contribution < 1.29 is 4.79 Å². The maximum atomic E-state index is 10.7. The molecule has 3 heteroatoms. The van der Waals surface area contributed by atoms with Crippen LogP contribution >= 0.6 is 0 Å². The van der Waals surface area contributed by atoms with E-state index in [1.54, 1.807) is 6.07 Å². The van der Waals surface area contributed by atoms with Gasteiger partial charge in [-0.15, -0.1) is 0 Å². The lowest BCUT2D eigenvalue weighted by Gasteiger charge is -2.00. The van der Waals surface area contributed by atoms with Gasteiger partial charge in [-0.1, -0.05) is 12.1 Å². The van der Waals surface area contributed by atoms with Gasteiger partial charge in [-0.3, -0.25) is 4.79 Å². The highest BCUT2D eigenvalue weighted by Crippen LogP contribution is 2.16. The van der Waals surface area contributed by atoms with Crippen molar-refractivity contribution in [2.24, 2.45) is 0 Å². The van der Waals surface area contributed by atoms with Crippen molar-refractivity contribution in [1.82, 2.24) is 9.97 Å². The predicted octanol–water partition coefficient (Wildman–Crippen LogP) is 1.75. The summed E-state index contributed by atoms with van der Waals surface area (Å²) in [6, 6.07) is 5.50. The third-order valence-corrected chi connectivity index (χ3v) is 2.02. The number of rotatable bonds is 1. The molecule has 0 spiro atoms. The zero-order valence-electron chi connectivity index (χ0n) is 7.19. The minimum atomic E-state index is 0.614. The Balaban J connectivity index is 2.92. The number of carbonyl (C=O) groups excluding carboxylic acids is 1. The fourth-order valence-corrected chi connectivity index (χ4v) is 1.34. The van der Waals surface area contributed by atoms with Crippen LogP contribution in [0.1, 0.15) is 16.1 Å². The Labute approximate surface area is 75.4 Å². The number of aryl methyl sites for hydroxylation is 1. The van der Waals surface area contributed by atoms with Crippen LogP contribution in [0.3, 0.4) is 0 Å². The van der Waals surface area contributed by atoms with Crippen molar-refractivity contribution in [1.29, 1.82) is 0 Å². The van der Waals surface area contributed by atoms with Gasteiger partial charge in [0, 0.05) is 16.6 Å². The molecule has 1 heterocycles. The summed E-state index contributed by atoms with van der Waals surface area (Å²) < 4.78 is 0.